The van der Waals surface area contributed by atoms with Crippen LogP contribution in [0.2, 0.25) is 0 Å². The van der Waals surface area contributed by atoms with Crippen molar-refractivity contribution in [2.75, 3.05) is 5.75 Å². The molecule has 2 unspecified atom stereocenters. The Morgan fingerprint density at radius 2 is 2.09 bits per heavy atom. The average Bonchev–Trinajstić information content (AvgIpc) is 3.10. The maximum absolute atomic E-state index is 11.3. The van der Waals surface area contributed by atoms with Crippen molar-refractivity contribution in [1.29, 1.82) is 5.26 Å². The summed E-state index contributed by atoms with van der Waals surface area (Å²) in [5.41, 5.74) is -2.17. The number of fused-ring (bicyclic) bond motifs is 1. The van der Waals surface area contributed by atoms with Gasteiger partial charge in [0.15, 0.2) is 5.82 Å². The summed E-state index contributed by atoms with van der Waals surface area (Å²) in [5, 5.41) is 24.9. The van der Waals surface area contributed by atoms with Crippen molar-refractivity contribution in [3.8, 4) is 6.07 Å². The van der Waals surface area contributed by atoms with Crippen LogP contribution in [0.25, 0.3) is 0 Å². The molecule has 5 nitrogen and oxygen atoms in total. The molecule has 2 aliphatic rings. The molecule has 2 atom stereocenters. The molecule has 2 bridgehead atoms. The summed E-state index contributed by atoms with van der Waals surface area (Å²) in [7, 11) is 0. The van der Waals surface area contributed by atoms with E-state index in [0.29, 0.717) is 11.6 Å². The van der Waals surface area contributed by atoms with Gasteiger partial charge >= 0.3 is 0 Å². The highest BCUT2D eigenvalue weighted by atomic mass is 79.9. The number of nitrogens with zero attached hydrogens (tertiary/aromatic N) is 4. The van der Waals surface area contributed by atoms with Gasteiger partial charge in [-0.25, -0.2) is 9.67 Å². The van der Waals surface area contributed by atoms with Crippen molar-refractivity contribution in [2.24, 2.45) is 5.41 Å². The van der Waals surface area contributed by atoms with Gasteiger partial charge in [0.25, 0.3) is 0 Å². The molecule has 1 N–H and O–H groups in total. The van der Waals surface area contributed by atoms with E-state index >= 15 is 0 Å². The Labute approximate surface area is 141 Å². The Hall–Kier alpha value is -1.36. The van der Waals surface area contributed by atoms with Crippen LogP contribution in [0.5, 0.6) is 0 Å². The number of aliphatic hydroxyl groups is 1. The third-order valence-corrected chi connectivity index (χ3v) is 5.84. The van der Waals surface area contributed by atoms with Crippen LogP contribution in [0.3, 0.4) is 0 Å². The first kappa shape index (κ1) is 15.5. The molecule has 0 aliphatic carbocycles. The van der Waals surface area contributed by atoms with Crippen LogP contribution in [0, 0.1) is 16.7 Å². The molecule has 1 aromatic carbocycles. The molecular formula is C15H15BrN4OS. The Morgan fingerprint density at radius 3 is 2.59 bits per heavy atom. The van der Waals surface area contributed by atoms with Crippen LogP contribution < -0.4 is 0 Å². The zero-order valence-corrected chi connectivity index (χ0v) is 14.6. The second kappa shape index (κ2) is 5.37. The molecule has 7 heteroatoms. The zero-order chi connectivity index (χ0) is 16.0. The fraction of sp³-hybridized carbons (Fsp3) is 0.400. The third kappa shape index (κ3) is 2.35. The summed E-state index contributed by atoms with van der Waals surface area (Å²) in [4.78, 5) is 5.18. The van der Waals surface area contributed by atoms with E-state index in [9.17, 15) is 10.4 Å². The van der Waals surface area contributed by atoms with Crippen molar-refractivity contribution >= 4 is 27.7 Å². The quantitative estimate of drug-likeness (QED) is 0.809. The van der Waals surface area contributed by atoms with Crippen LogP contribution in [0.1, 0.15) is 25.7 Å². The molecule has 0 radical (unpaired) electrons. The summed E-state index contributed by atoms with van der Waals surface area (Å²) < 4.78 is 2.65. The molecule has 0 saturated heterocycles. The summed E-state index contributed by atoms with van der Waals surface area (Å²) >= 11 is 4.93. The van der Waals surface area contributed by atoms with E-state index in [-0.39, 0.29) is 6.04 Å². The number of hydrogen-bond acceptors (Lipinski definition) is 5. The molecule has 4 rings (SSSR count). The molecule has 2 aliphatic heterocycles. The van der Waals surface area contributed by atoms with E-state index in [1.54, 1.807) is 24.9 Å². The van der Waals surface area contributed by atoms with Crippen LogP contribution >= 0.6 is 27.7 Å². The standard InChI is InChI=1S/C15H15BrN4OS/c1-14(2,7-17)15(21,12-13-18-9-20(12)19-13)8-22-11-5-3-10(16)4-6-11/h3-6,9,12,21H,8H2,1-2H3. The lowest BCUT2D eigenvalue weighted by molar-refractivity contribution is -0.0629. The van der Waals surface area contributed by atoms with Gasteiger partial charge in [0.1, 0.15) is 18.0 Å². The first-order valence-electron chi connectivity index (χ1n) is 6.80. The lowest BCUT2D eigenvalue weighted by atomic mass is 9.72. The van der Waals surface area contributed by atoms with Crippen LogP contribution in [0.15, 0.2) is 40.0 Å². The molecule has 22 heavy (non-hydrogen) atoms. The number of benzene rings is 1. The van der Waals surface area contributed by atoms with Crippen LogP contribution in [-0.4, -0.2) is 31.2 Å². The number of rotatable bonds is 5. The predicted molar refractivity (Wildman–Crippen MR) is 87.4 cm³/mol. The maximum Gasteiger partial charge on any atom is 0.178 e. The van der Waals surface area contributed by atoms with E-state index in [1.165, 1.54) is 11.8 Å². The summed E-state index contributed by atoms with van der Waals surface area (Å²) in [6.07, 6.45) is 1.60. The normalized spacial score (nSPS) is 19.1. The van der Waals surface area contributed by atoms with Gasteiger partial charge in [0.05, 0.1) is 11.5 Å². The van der Waals surface area contributed by atoms with E-state index in [0.717, 1.165) is 9.37 Å². The van der Waals surface area contributed by atoms with Gasteiger partial charge in [-0.3, -0.25) is 0 Å². The van der Waals surface area contributed by atoms with E-state index in [4.69, 9.17) is 0 Å². The fourth-order valence-electron chi connectivity index (χ4n) is 2.45. The largest absolute Gasteiger partial charge is 0.385 e. The van der Waals surface area contributed by atoms with Gasteiger partial charge in [0, 0.05) is 15.1 Å². The summed E-state index contributed by atoms with van der Waals surface area (Å²) in [5.74, 6) is 0.987. The Bertz CT molecular complexity index is 711. The Kier molecular flexibility index (Phi) is 3.79. The second-order valence-electron chi connectivity index (χ2n) is 5.89. The van der Waals surface area contributed by atoms with Gasteiger partial charge in [-0.1, -0.05) is 15.9 Å². The molecule has 0 fully saturated rings. The predicted octanol–water partition coefficient (Wildman–Crippen LogP) is 3.02. The lowest BCUT2D eigenvalue weighted by Gasteiger charge is -2.44. The SMILES string of the molecule is CC(C)(C#N)C(O)(CSc1ccc(Br)cc1)C1c2ncn1n2. The zero-order valence-electron chi connectivity index (χ0n) is 12.2. The van der Waals surface area contributed by atoms with E-state index < -0.39 is 11.0 Å². The highest BCUT2D eigenvalue weighted by Crippen LogP contribution is 2.47. The molecule has 114 valence electrons. The number of nitriles is 1. The second-order valence-corrected chi connectivity index (χ2v) is 7.85. The van der Waals surface area contributed by atoms with Gasteiger partial charge in [0.2, 0.25) is 0 Å². The van der Waals surface area contributed by atoms with Crippen LogP contribution in [0.4, 0.5) is 0 Å². The van der Waals surface area contributed by atoms with Gasteiger partial charge < -0.3 is 5.11 Å². The number of halogens is 1. The number of thioether (sulfide) groups is 1. The minimum Gasteiger partial charge on any atom is -0.385 e. The molecule has 3 heterocycles. The lowest BCUT2D eigenvalue weighted by Crippen LogP contribution is -2.55. The van der Waals surface area contributed by atoms with E-state index in [1.807, 2.05) is 24.3 Å². The average molecular weight is 379 g/mol. The molecule has 2 aromatic rings. The molecule has 0 spiro atoms. The van der Waals surface area contributed by atoms with Crippen molar-refractivity contribution < 1.29 is 5.11 Å². The highest BCUT2D eigenvalue weighted by molar-refractivity contribution is 9.10. The fourth-order valence-corrected chi connectivity index (χ4v) is 3.95. The summed E-state index contributed by atoms with van der Waals surface area (Å²) in [6, 6.07) is 9.78. The number of hydrogen-bond donors (Lipinski definition) is 1. The van der Waals surface area contributed by atoms with Gasteiger partial charge in [-0.15, -0.1) is 11.8 Å². The highest BCUT2D eigenvalue weighted by Gasteiger charge is 2.56. The van der Waals surface area contributed by atoms with Gasteiger partial charge in [-0.05, 0) is 38.1 Å². The maximum atomic E-state index is 11.3. The van der Waals surface area contributed by atoms with Crippen molar-refractivity contribution in [3.05, 3.63) is 40.9 Å². The first-order valence-corrected chi connectivity index (χ1v) is 8.58. The molecule has 1 aromatic heterocycles. The molecular weight excluding hydrogens is 364 g/mol. The van der Waals surface area contributed by atoms with Crippen LogP contribution in [-0.2, 0) is 0 Å². The minimum atomic E-state index is -1.24. The van der Waals surface area contributed by atoms with Crippen molar-refractivity contribution in [1.82, 2.24) is 14.8 Å². The Balaban J connectivity index is 1.84. The van der Waals surface area contributed by atoms with Crippen molar-refractivity contribution in [2.45, 2.75) is 30.4 Å². The summed E-state index contributed by atoms with van der Waals surface area (Å²) in [6.45, 7) is 3.52. The van der Waals surface area contributed by atoms with Gasteiger partial charge in [-0.2, -0.15) is 10.4 Å². The first-order chi connectivity index (χ1) is 10.4. The third-order valence-electron chi connectivity index (χ3n) is 4.12. The van der Waals surface area contributed by atoms with E-state index in [2.05, 4.69) is 32.1 Å². The molecule has 0 amide bonds. The topological polar surface area (TPSA) is 74.7 Å². The minimum absolute atomic E-state index is 0.343. The number of aromatic nitrogens is 3. The monoisotopic (exact) mass is 378 g/mol. The smallest absolute Gasteiger partial charge is 0.178 e. The molecule has 0 saturated carbocycles. The Morgan fingerprint density at radius 1 is 1.41 bits per heavy atom. The van der Waals surface area contributed by atoms with Crippen molar-refractivity contribution in [3.63, 3.8) is 0 Å².